The van der Waals surface area contributed by atoms with Crippen molar-refractivity contribution in [1.29, 1.82) is 0 Å². The molecule has 1 atom stereocenters. The fourth-order valence-electron chi connectivity index (χ4n) is 1.58. The summed E-state index contributed by atoms with van der Waals surface area (Å²) in [6, 6.07) is -0.467. The number of nitrogens with zero attached hydrogens (tertiary/aromatic N) is 1. The predicted octanol–water partition coefficient (Wildman–Crippen LogP) is -0.606. The first-order valence-corrected chi connectivity index (χ1v) is 5.96. The fraction of sp³-hybridized carbons (Fsp3) is 0.750. The van der Waals surface area contributed by atoms with E-state index in [-0.39, 0.29) is 36.6 Å². The van der Waals surface area contributed by atoms with E-state index in [0.717, 1.165) is 0 Å². The van der Waals surface area contributed by atoms with Crippen molar-refractivity contribution in [3.05, 3.63) is 0 Å². The number of ketones is 1. The van der Waals surface area contributed by atoms with Gasteiger partial charge in [0, 0.05) is 7.05 Å². The van der Waals surface area contributed by atoms with Crippen molar-refractivity contribution in [2.24, 2.45) is 5.92 Å². The average molecular weight is 257 g/mol. The Hall–Kier alpha value is -1.43. The maximum absolute atomic E-state index is 11.7. The molecule has 2 N–H and O–H groups in total. The lowest BCUT2D eigenvalue weighted by atomic mass is 10.0. The lowest BCUT2D eigenvalue weighted by Crippen LogP contribution is -2.47. The minimum Gasteiger partial charge on any atom is -0.358 e. The van der Waals surface area contributed by atoms with Crippen LogP contribution in [0.3, 0.4) is 0 Å². The van der Waals surface area contributed by atoms with E-state index < -0.39 is 6.04 Å². The molecule has 0 aliphatic carbocycles. The summed E-state index contributed by atoms with van der Waals surface area (Å²) in [4.78, 5) is 35.7. The number of carbonyl (C=O) groups is 3. The highest BCUT2D eigenvalue weighted by atomic mass is 16.2. The number of nitrogens with one attached hydrogen (secondary N) is 2. The van der Waals surface area contributed by atoms with Crippen LogP contribution >= 0.6 is 0 Å². The van der Waals surface area contributed by atoms with Crippen molar-refractivity contribution in [2.75, 3.05) is 27.2 Å². The van der Waals surface area contributed by atoms with Gasteiger partial charge in [-0.2, -0.15) is 0 Å². The normalized spacial score (nSPS) is 12.4. The zero-order chi connectivity index (χ0) is 14.3. The lowest BCUT2D eigenvalue weighted by Gasteiger charge is -2.21. The van der Waals surface area contributed by atoms with Gasteiger partial charge in [-0.3, -0.25) is 19.3 Å². The monoisotopic (exact) mass is 257 g/mol. The summed E-state index contributed by atoms with van der Waals surface area (Å²) in [5.74, 6) is -0.421. The summed E-state index contributed by atoms with van der Waals surface area (Å²) < 4.78 is 0. The van der Waals surface area contributed by atoms with Gasteiger partial charge in [-0.05, 0) is 19.9 Å². The minimum absolute atomic E-state index is 0.0516. The number of hydrogen-bond acceptors (Lipinski definition) is 4. The van der Waals surface area contributed by atoms with Crippen molar-refractivity contribution < 1.29 is 14.4 Å². The van der Waals surface area contributed by atoms with E-state index in [2.05, 4.69) is 10.6 Å². The maximum atomic E-state index is 11.7. The van der Waals surface area contributed by atoms with Crippen LogP contribution in [0, 0.1) is 5.92 Å². The molecular weight excluding hydrogens is 234 g/mol. The van der Waals surface area contributed by atoms with Crippen molar-refractivity contribution in [3.63, 3.8) is 0 Å². The van der Waals surface area contributed by atoms with Gasteiger partial charge in [0.15, 0.2) is 5.78 Å². The number of Topliss-reactive ketones (excluding diaryl/α,β-unsaturated/α-hetero) is 1. The molecule has 0 spiro atoms. The summed E-state index contributed by atoms with van der Waals surface area (Å²) in [5, 5.41) is 5.16. The Balaban J connectivity index is 4.24. The van der Waals surface area contributed by atoms with E-state index in [1.165, 1.54) is 6.92 Å². The van der Waals surface area contributed by atoms with Gasteiger partial charge in [0.2, 0.25) is 11.8 Å². The second-order valence-electron chi connectivity index (χ2n) is 4.75. The van der Waals surface area contributed by atoms with E-state index in [4.69, 9.17) is 0 Å². The molecule has 6 heteroatoms. The van der Waals surface area contributed by atoms with Crippen molar-refractivity contribution in [3.8, 4) is 0 Å². The smallest absolute Gasteiger partial charge is 0.234 e. The van der Waals surface area contributed by atoms with Gasteiger partial charge < -0.3 is 10.6 Å². The highest BCUT2D eigenvalue weighted by molar-refractivity contribution is 5.88. The van der Waals surface area contributed by atoms with Crippen LogP contribution in [-0.2, 0) is 14.4 Å². The van der Waals surface area contributed by atoms with Crippen molar-refractivity contribution in [1.82, 2.24) is 15.5 Å². The summed E-state index contributed by atoms with van der Waals surface area (Å²) in [5.41, 5.74) is 0. The number of amides is 2. The van der Waals surface area contributed by atoms with Gasteiger partial charge >= 0.3 is 0 Å². The molecule has 6 nitrogen and oxygen atoms in total. The Labute approximate surface area is 108 Å². The van der Waals surface area contributed by atoms with Crippen LogP contribution in [0.5, 0.6) is 0 Å². The fourth-order valence-corrected chi connectivity index (χ4v) is 1.58. The van der Waals surface area contributed by atoms with E-state index in [0.29, 0.717) is 0 Å². The Morgan fingerprint density at radius 1 is 1.11 bits per heavy atom. The van der Waals surface area contributed by atoms with Crippen LogP contribution in [0.25, 0.3) is 0 Å². The number of hydrogen-bond donors (Lipinski definition) is 2. The molecule has 0 aliphatic rings. The van der Waals surface area contributed by atoms with Crippen molar-refractivity contribution in [2.45, 2.75) is 26.8 Å². The summed E-state index contributed by atoms with van der Waals surface area (Å²) in [6.45, 7) is 5.45. The largest absolute Gasteiger partial charge is 0.358 e. The highest BCUT2D eigenvalue weighted by Crippen LogP contribution is 2.02. The maximum Gasteiger partial charge on any atom is 0.234 e. The molecule has 0 aromatic heterocycles. The summed E-state index contributed by atoms with van der Waals surface area (Å²) >= 11 is 0. The molecule has 0 aromatic rings. The van der Waals surface area contributed by atoms with E-state index in [1.54, 1.807) is 19.0 Å². The summed E-state index contributed by atoms with van der Waals surface area (Å²) in [6.07, 6.45) is 0. The van der Waals surface area contributed by atoms with Crippen LogP contribution in [0.15, 0.2) is 0 Å². The van der Waals surface area contributed by atoms with Crippen LogP contribution < -0.4 is 10.6 Å². The topological polar surface area (TPSA) is 78.5 Å². The molecule has 0 heterocycles. The Morgan fingerprint density at radius 2 is 1.61 bits per heavy atom. The van der Waals surface area contributed by atoms with Gasteiger partial charge in [0.25, 0.3) is 0 Å². The molecule has 18 heavy (non-hydrogen) atoms. The summed E-state index contributed by atoms with van der Waals surface area (Å²) in [7, 11) is 3.22. The SMILES string of the molecule is CNC(=O)CN(C)CC(=O)NC(C(C)=O)C(C)C. The van der Waals surface area contributed by atoms with E-state index >= 15 is 0 Å². The Kier molecular flexibility index (Phi) is 7.19. The third-order valence-corrected chi connectivity index (χ3v) is 2.53. The third-order valence-electron chi connectivity index (χ3n) is 2.53. The number of carbonyl (C=O) groups excluding carboxylic acids is 3. The molecule has 0 radical (unpaired) electrons. The first-order chi connectivity index (χ1) is 8.27. The van der Waals surface area contributed by atoms with Gasteiger partial charge in [0.05, 0.1) is 19.1 Å². The molecule has 0 fully saturated rings. The predicted molar refractivity (Wildman–Crippen MR) is 69.0 cm³/mol. The van der Waals surface area contributed by atoms with Gasteiger partial charge in [-0.15, -0.1) is 0 Å². The van der Waals surface area contributed by atoms with Crippen LogP contribution in [-0.4, -0.2) is 55.7 Å². The molecule has 0 aliphatic heterocycles. The second-order valence-corrected chi connectivity index (χ2v) is 4.75. The standard InChI is InChI=1S/C12H23N3O3/c1-8(2)12(9(3)16)14-11(18)7-15(5)6-10(17)13-4/h8,12H,6-7H2,1-5H3,(H,13,17)(H,14,18). The van der Waals surface area contributed by atoms with Crippen molar-refractivity contribution >= 4 is 17.6 Å². The second kappa shape index (κ2) is 7.81. The van der Waals surface area contributed by atoms with Gasteiger partial charge in [0.1, 0.15) is 0 Å². The first-order valence-electron chi connectivity index (χ1n) is 5.96. The lowest BCUT2D eigenvalue weighted by molar-refractivity contribution is -0.129. The van der Waals surface area contributed by atoms with Crippen LogP contribution in [0.1, 0.15) is 20.8 Å². The third kappa shape index (κ3) is 6.34. The molecule has 1 unspecified atom stereocenters. The van der Waals surface area contributed by atoms with E-state index in [9.17, 15) is 14.4 Å². The van der Waals surface area contributed by atoms with Crippen LogP contribution in [0.2, 0.25) is 0 Å². The highest BCUT2D eigenvalue weighted by Gasteiger charge is 2.21. The number of rotatable bonds is 7. The molecule has 0 rings (SSSR count). The molecule has 0 bridgehead atoms. The number of likely N-dealkylation sites (N-methyl/N-ethyl adjacent to an activating group) is 2. The molecular formula is C12H23N3O3. The minimum atomic E-state index is -0.467. The Bertz CT molecular complexity index is 316. The van der Waals surface area contributed by atoms with E-state index in [1.807, 2.05) is 13.8 Å². The van der Waals surface area contributed by atoms with Gasteiger partial charge in [-0.1, -0.05) is 13.8 Å². The van der Waals surface area contributed by atoms with Gasteiger partial charge in [-0.25, -0.2) is 0 Å². The zero-order valence-corrected chi connectivity index (χ0v) is 11.7. The molecule has 2 amide bonds. The molecule has 0 saturated carbocycles. The first kappa shape index (κ1) is 16.6. The quantitative estimate of drug-likeness (QED) is 0.638. The van der Waals surface area contributed by atoms with Crippen LogP contribution in [0.4, 0.5) is 0 Å². The molecule has 0 saturated heterocycles. The Morgan fingerprint density at radius 3 is 2.00 bits per heavy atom. The molecule has 104 valence electrons. The molecule has 0 aromatic carbocycles. The zero-order valence-electron chi connectivity index (χ0n) is 11.7. The average Bonchev–Trinajstić information content (AvgIpc) is 2.24.